The lowest BCUT2D eigenvalue weighted by atomic mass is 10.1. The standard InChI is InChI=1S/C26H28Cl2IN5O3/c1-33-6-7-34(25(29)15-33)5-4-8-37-24-11-20-17(9-23(24)36-3)26(16(13-30)14-31-20)32-21-12-22(35-2)19(28)10-18(21)27/h9-12,14,25H,4-8,15H2,1-3H3,(H,31,32). The minimum Gasteiger partial charge on any atom is -0.495 e. The van der Waals surface area contributed by atoms with Crippen LogP contribution in [0.15, 0.2) is 30.5 Å². The van der Waals surface area contributed by atoms with Crippen LogP contribution in [0.5, 0.6) is 17.2 Å². The minimum absolute atomic E-state index is 0.355. The molecular formula is C26H28Cl2IN5O3. The average molecular weight is 656 g/mol. The minimum atomic E-state index is 0.355. The topological polar surface area (TPSA) is 82.9 Å². The number of nitriles is 1. The number of hydrogen-bond donors (Lipinski definition) is 1. The summed E-state index contributed by atoms with van der Waals surface area (Å²) < 4.78 is 17.6. The van der Waals surface area contributed by atoms with Crippen LogP contribution in [0.2, 0.25) is 10.0 Å². The van der Waals surface area contributed by atoms with Gasteiger partial charge >= 0.3 is 0 Å². The van der Waals surface area contributed by atoms with Crippen molar-refractivity contribution in [3.05, 3.63) is 46.1 Å². The molecule has 11 heteroatoms. The lowest BCUT2D eigenvalue weighted by Crippen LogP contribution is -2.49. The maximum absolute atomic E-state index is 9.76. The Balaban J connectivity index is 1.57. The van der Waals surface area contributed by atoms with Crippen LogP contribution < -0.4 is 19.5 Å². The fourth-order valence-electron chi connectivity index (χ4n) is 4.21. The summed E-state index contributed by atoms with van der Waals surface area (Å²) in [6, 6.07) is 9.13. The summed E-state index contributed by atoms with van der Waals surface area (Å²) in [5.41, 5.74) is 2.10. The highest BCUT2D eigenvalue weighted by atomic mass is 127. The fraction of sp³-hybridized carbons (Fsp3) is 0.385. The molecule has 1 aliphatic heterocycles. The molecule has 1 unspecified atom stereocenters. The number of nitrogens with one attached hydrogen (secondary N) is 1. The molecule has 37 heavy (non-hydrogen) atoms. The van der Waals surface area contributed by atoms with Gasteiger partial charge in [-0.3, -0.25) is 9.88 Å². The van der Waals surface area contributed by atoms with E-state index in [9.17, 15) is 5.26 Å². The van der Waals surface area contributed by atoms with Gasteiger partial charge in [0.25, 0.3) is 0 Å². The van der Waals surface area contributed by atoms with Gasteiger partial charge in [-0.05, 0) is 25.6 Å². The molecule has 1 aromatic heterocycles. The number of piperazine rings is 1. The van der Waals surface area contributed by atoms with Crippen LogP contribution in [0.4, 0.5) is 11.4 Å². The number of rotatable bonds is 9. The quantitative estimate of drug-likeness (QED) is 0.131. The summed E-state index contributed by atoms with van der Waals surface area (Å²) in [6.07, 6.45) is 2.42. The molecule has 4 rings (SSSR count). The van der Waals surface area contributed by atoms with E-state index >= 15 is 0 Å². The number of alkyl halides is 1. The lowest BCUT2D eigenvalue weighted by molar-refractivity contribution is 0.136. The van der Waals surface area contributed by atoms with E-state index in [0.29, 0.717) is 65.8 Å². The Labute approximate surface area is 240 Å². The second-order valence-corrected chi connectivity index (χ2v) is 11.0. The van der Waals surface area contributed by atoms with Crippen molar-refractivity contribution in [3.8, 4) is 23.3 Å². The van der Waals surface area contributed by atoms with Gasteiger partial charge in [0, 0.05) is 49.9 Å². The lowest BCUT2D eigenvalue weighted by Gasteiger charge is -2.37. The number of pyridine rings is 1. The van der Waals surface area contributed by atoms with Crippen LogP contribution in [0.3, 0.4) is 0 Å². The summed E-state index contributed by atoms with van der Waals surface area (Å²) in [7, 11) is 5.28. The molecule has 2 heterocycles. The molecule has 0 aliphatic carbocycles. The highest BCUT2D eigenvalue weighted by Gasteiger charge is 2.22. The van der Waals surface area contributed by atoms with Crippen LogP contribution in [0, 0.1) is 11.3 Å². The highest BCUT2D eigenvalue weighted by molar-refractivity contribution is 14.1. The monoisotopic (exact) mass is 655 g/mol. The van der Waals surface area contributed by atoms with E-state index < -0.39 is 0 Å². The van der Waals surface area contributed by atoms with Gasteiger partial charge in [0.15, 0.2) is 11.5 Å². The van der Waals surface area contributed by atoms with E-state index in [1.165, 1.54) is 13.3 Å². The largest absolute Gasteiger partial charge is 0.495 e. The average Bonchev–Trinajstić information content (AvgIpc) is 2.88. The molecule has 1 aliphatic rings. The Morgan fingerprint density at radius 2 is 1.89 bits per heavy atom. The van der Waals surface area contributed by atoms with Gasteiger partial charge in [-0.2, -0.15) is 5.26 Å². The summed E-state index contributed by atoms with van der Waals surface area (Å²) in [4.78, 5) is 9.33. The van der Waals surface area contributed by atoms with Crippen molar-refractivity contribution in [2.75, 3.05) is 59.4 Å². The summed E-state index contributed by atoms with van der Waals surface area (Å²) in [5, 5.41) is 14.5. The van der Waals surface area contributed by atoms with Gasteiger partial charge in [0.2, 0.25) is 0 Å². The van der Waals surface area contributed by atoms with E-state index in [1.54, 1.807) is 19.2 Å². The van der Waals surface area contributed by atoms with Crippen LogP contribution in [-0.2, 0) is 0 Å². The first-order valence-corrected chi connectivity index (χ1v) is 13.7. The van der Waals surface area contributed by atoms with Crippen LogP contribution in [-0.4, -0.2) is 72.9 Å². The van der Waals surface area contributed by atoms with Crippen LogP contribution in [0.1, 0.15) is 12.0 Å². The zero-order chi connectivity index (χ0) is 26.5. The Bertz CT molecular complexity index is 1320. The van der Waals surface area contributed by atoms with E-state index in [1.807, 2.05) is 12.1 Å². The molecule has 2 aromatic carbocycles. The van der Waals surface area contributed by atoms with Crippen LogP contribution in [0.25, 0.3) is 10.9 Å². The van der Waals surface area contributed by atoms with Crippen molar-refractivity contribution < 1.29 is 14.2 Å². The Kier molecular flexibility index (Phi) is 9.42. The molecule has 1 fully saturated rings. The molecule has 1 saturated heterocycles. The number of fused-ring (bicyclic) bond motifs is 1. The molecule has 0 saturated carbocycles. The number of halogens is 3. The number of hydrogen-bond acceptors (Lipinski definition) is 8. The van der Waals surface area contributed by atoms with E-state index in [2.05, 4.69) is 55.8 Å². The fourth-order valence-corrected chi connectivity index (χ4v) is 5.95. The summed E-state index contributed by atoms with van der Waals surface area (Å²) in [5.74, 6) is 1.62. The third-order valence-corrected chi connectivity index (χ3v) is 8.04. The predicted octanol–water partition coefficient (Wildman–Crippen LogP) is 5.95. The number of methoxy groups -OCH3 is 2. The molecule has 0 bridgehead atoms. The highest BCUT2D eigenvalue weighted by Crippen LogP contribution is 2.40. The number of anilines is 2. The predicted molar refractivity (Wildman–Crippen MR) is 156 cm³/mol. The third kappa shape index (κ3) is 6.44. The number of nitrogens with zero attached hydrogens (tertiary/aromatic N) is 4. The number of aromatic nitrogens is 1. The van der Waals surface area contributed by atoms with E-state index in [-0.39, 0.29) is 0 Å². The smallest absolute Gasteiger partial charge is 0.163 e. The van der Waals surface area contributed by atoms with Gasteiger partial charge < -0.3 is 24.4 Å². The van der Waals surface area contributed by atoms with Crippen molar-refractivity contribution in [1.29, 1.82) is 5.26 Å². The van der Waals surface area contributed by atoms with E-state index in [0.717, 1.165) is 32.6 Å². The van der Waals surface area contributed by atoms with Crippen molar-refractivity contribution in [2.24, 2.45) is 0 Å². The molecule has 1 N–H and O–H groups in total. The first kappa shape index (κ1) is 27.8. The first-order valence-electron chi connectivity index (χ1n) is 11.7. The van der Waals surface area contributed by atoms with Gasteiger partial charge in [0.1, 0.15) is 11.8 Å². The van der Waals surface area contributed by atoms with Gasteiger partial charge in [-0.15, -0.1) is 0 Å². The Morgan fingerprint density at radius 3 is 2.59 bits per heavy atom. The molecule has 0 amide bonds. The molecule has 196 valence electrons. The van der Waals surface area contributed by atoms with Crippen LogP contribution >= 0.6 is 45.8 Å². The molecule has 1 atom stereocenters. The second-order valence-electron chi connectivity index (χ2n) is 8.71. The van der Waals surface area contributed by atoms with Crippen molar-refractivity contribution in [3.63, 3.8) is 0 Å². The SMILES string of the molecule is COc1cc(Nc2c(C#N)cnc3cc(OCCCN4CCN(C)CC4I)c(OC)cc23)c(Cl)cc1Cl. The normalized spacial score (nSPS) is 16.4. The summed E-state index contributed by atoms with van der Waals surface area (Å²) in [6.45, 7) is 4.74. The number of ether oxygens (including phenoxy) is 3. The molecule has 8 nitrogen and oxygen atoms in total. The third-order valence-electron chi connectivity index (χ3n) is 6.25. The Hall–Kier alpha value is -2.23. The Morgan fingerprint density at radius 1 is 1.11 bits per heavy atom. The number of likely N-dealkylation sites (N-methyl/N-ethyl adjacent to an activating group) is 1. The number of benzene rings is 2. The van der Waals surface area contributed by atoms with Gasteiger partial charge in [-0.1, -0.05) is 45.8 Å². The summed E-state index contributed by atoms with van der Waals surface area (Å²) >= 11 is 15.1. The first-order chi connectivity index (χ1) is 17.8. The van der Waals surface area contributed by atoms with Crippen molar-refractivity contribution >= 4 is 68.1 Å². The van der Waals surface area contributed by atoms with Gasteiger partial charge in [-0.25, -0.2) is 0 Å². The molecular weight excluding hydrogens is 628 g/mol. The van der Waals surface area contributed by atoms with Crippen molar-refractivity contribution in [2.45, 2.75) is 10.5 Å². The molecule has 0 spiro atoms. The van der Waals surface area contributed by atoms with Gasteiger partial charge in [0.05, 0.1) is 57.4 Å². The second kappa shape index (κ2) is 12.5. The maximum Gasteiger partial charge on any atom is 0.163 e. The van der Waals surface area contributed by atoms with Crippen molar-refractivity contribution in [1.82, 2.24) is 14.8 Å². The zero-order valence-corrected chi connectivity index (χ0v) is 24.5. The zero-order valence-electron chi connectivity index (χ0n) is 20.9. The van der Waals surface area contributed by atoms with E-state index in [4.69, 9.17) is 37.4 Å². The maximum atomic E-state index is 9.76. The molecule has 0 radical (unpaired) electrons. The molecule has 3 aromatic rings.